The maximum absolute atomic E-state index is 14.3. The van der Waals surface area contributed by atoms with Gasteiger partial charge in [-0.1, -0.05) is 18.2 Å². The van der Waals surface area contributed by atoms with Crippen LogP contribution in [-0.4, -0.2) is 10.6 Å². The number of nitrogens with one attached hydrogen (secondary N) is 1. The summed E-state index contributed by atoms with van der Waals surface area (Å²) in [7, 11) is 0. The van der Waals surface area contributed by atoms with Crippen molar-refractivity contribution in [2.75, 3.05) is 0 Å². The summed E-state index contributed by atoms with van der Waals surface area (Å²) < 4.78 is 29.7. The summed E-state index contributed by atoms with van der Waals surface area (Å²) in [5.41, 5.74) is 2.68. The Kier molecular flexibility index (Phi) is 3.62. The third-order valence-corrected chi connectivity index (χ3v) is 4.33. The zero-order valence-corrected chi connectivity index (χ0v) is 12.7. The fourth-order valence-corrected chi connectivity index (χ4v) is 3.03. The van der Waals surface area contributed by atoms with Gasteiger partial charge in [0.2, 0.25) is 0 Å². The molecule has 2 nitrogen and oxygen atoms in total. The Morgan fingerprint density at radius 3 is 2.70 bits per heavy atom. The molecule has 0 radical (unpaired) electrons. The number of hydrogen-bond acceptors (Lipinski definition) is 1. The van der Waals surface area contributed by atoms with Crippen LogP contribution < -0.4 is 5.32 Å². The fourth-order valence-electron chi connectivity index (χ4n) is 3.03. The average molecular weight is 312 g/mol. The van der Waals surface area contributed by atoms with Crippen molar-refractivity contribution < 1.29 is 8.78 Å². The molecule has 1 aromatic heterocycles. The fraction of sp³-hybridized carbons (Fsp3) is 0.263. The van der Waals surface area contributed by atoms with Gasteiger partial charge in [0.25, 0.3) is 0 Å². The van der Waals surface area contributed by atoms with E-state index >= 15 is 0 Å². The average Bonchev–Trinajstić information content (AvgIpc) is 3.29. The smallest absolute Gasteiger partial charge is 0.132 e. The molecule has 0 amide bonds. The highest BCUT2D eigenvalue weighted by molar-refractivity contribution is 5.84. The number of halogens is 2. The lowest BCUT2D eigenvalue weighted by molar-refractivity contribution is 0.624. The highest BCUT2D eigenvalue weighted by Gasteiger charge is 2.21. The zero-order chi connectivity index (χ0) is 15.8. The van der Waals surface area contributed by atoms with E-state index in [0.717, 1.165) is 16.6 Å². The van der Waals surface area contributed by atoms with Crippen LogP contribution in [0.25, 0.3) is 10.9 Å². The molecule has 3 aromatic rings. The Bertz CT molecular complexity index is 850. The number of aromatic nitrogens is 1. The van der Waals surface area contributed by atoms with Gasteiger partial charge in [0.05, 0.1) is 5.52 Å². The lowest BCUT2D eigenvalue weighted by Gasteiger charge is -2.05. The van der Waals surface area contributed by atoms with Crippen molar-refractivity contribution >= 4 is 10.9 Å². The van der Waals surface area contributed by atoms with Crippen LogP contribution in [0.3, 0.4) is 0 Å². The van der Waals surface area contributed by atoms with E-state index in [1.807, 2.05) is 22.9 Å². The first-order valence-electron chi connectivity index (χ1n) is 7.95. The summed E-state index contributed by atoms with van der Waals surface area (Å²) in [6.45, 7) is 1.19. The molecule has 0 unspecified atom stereocenters. The molecule has 1 aliphatic carbocycles. The summed E-state index contributed by atoms with van der Waals surface area (Å²) >= 11 is 0. The summed E-state index contributed by atoms with van der Waals surface area (Å²) in [6.07, 6.45) is 4.38. The second-order valence-electron chi connectivity index (χ2n) is 6.20. The van der Waals surface area contributed by atoms with Gasteiger partial charge >= 0.3 is 0 Å². The first-order chi connectivity index (χ1) is 11.2. The van der Waals surface area contributed by atoms with E-state index in [-0.39, 0.29) is 11.6 Å². The van der Waals surface area contributed by atoms with Gasteiger partial charge in [-0.25, -0.2) is 8.78 Å². The van der Waals surface area contributed by atoms with Crippen LogP contribution in [0.2, 0.25) is 0 Å². The van der Waals surface area contributed by atoms with Crippen molar-refractivity contribution in [3.63, 3.8) is 0 Å². The summed E-state index contributed by atoms with van der Waals surface area (Å²) in [6, 6.07) is 12.2. The molecule has 4 heteroatoms. The van der Waals surface area contributed by atoms with Gasteiger partial charge in [-0.15, -0.1) is 0 Å². The van der Waals surface area contributed by atoms with E-state index in [0.29, 0.717) is 24.5 Å². The molecule has 0 saturated heterocycles. The minimum Gasteiger partial charge on any atom is -0.343 e. The van der Waals surface area contributed by atoms with Crippen LogP contribution in [0.15, 0.2) is 48.7 Å². The SMILES string of the molecule is Fc1cccc(Cn2cc(CNC3CC3)c3c(F)cccc32)c1. The van der Waals surface area contributed by atoms with E-state index in [2.05, 4.69) is 5.32 Å². The number of rotatable bonds is 5. The monoisotopic (exact) mass is 312 g/mol. The Balaban J connectivity index is 1.72. The molecular formula is C19H18F2N2. The van der Waals surface area contributed by atoms with Crippen LogP contribution in [0.1, 0.15) is 24.0 Å². The standard InChI is InChI=1S/C19H18F2N2/c20-15-4-1-3-13(9-15)11-23-12-14(10-22-16-7-8-16)19-17(21)5-2-6-18(19)23/h1-6,9,12,16,22H,7-8,10-11H2. The van der Waals surface area contributed by atoms with Crippen molar-refractivity contribution in [1.82, 2.24) is 9.88 Å². The largest absolute Gasteiger partial charge is 0.343 e. The van der Waals surface area contributed by atoms with Crippen LogP contribution in [-0.2, 0) is 13.1 Å². The van der Waals surface area contributed by atoms with E-state index < -0.39 is 0 Å². The summed E-state index contributed by atoms with van der Waals surface area (Å²) in [5, 5.41) is 4.10. The van der Waals surface area contributed by atoms with Gasteiger partial charge < -0.3 is 9.88 Å². The molecule has 1 heterocycles. The van der Waals surface area contributed by atoms with Gasteiger partial charge in [0, 0.05) is 30.7 Å². The van der Waals surface area contributed by atoms with Crippen LogP contribution in [0.4, 0.5) is 8.78 Å². The summed E-state index contributed by atoms with van der Waals surface area (Å²) in [4.78, 5) is 0. The number of fused-ring (bicyclic) bond motifs is 1. The molecule has 0 spiro atoms. The Hall–Kier alpha value is -2.20. The van der Waals surface area contributed by atoms with Gasteiger partial charge in [0.1, 0.15) is 11.6 Å². The number of benzene rings is 2. The van der Waals surface area contributed by atoms with E-state index in [4.69, 9.17) is 0 Å². The topological polar surface area (TPSA) is 17.0 Å². The molecule has 1 N–H and O–H groups in total. The molecule has 0 bridgehead atoms. The maximum atomic E-state index is 14.3. The van der Waals surface area contributed by atoms with E-state index in [1.165, 1.54) is 31.0 Å². The van der Waals surface area contributed by atoms with Gasteiger partial charge in [-0.05, 0) is 48.2 Å². The molecular weight excluding hydrogens is 294 g/mol. The highest BCUT2D eigenvalue weighted by atomic mass is 19.1. The number of nitrogens with zero attached hydrogens (tertiary/aromatic N) is 1. The van der Waals surface area contributed by atoms with Crippen molar-refractivity contribution in [3.05, 3.63) is 71.4 Å². The van der Waals surface area contributed by atoms with Crippen LogP contribution in [0.5, 0.6) is 0 Å². The number of hydrogen-bond donors (Lipinski definition) is 1. The lowest BCUT2D eigenvalue weighted by Crippen LogP contribution is -2.15. The first-order valence-corrected chi connectivity index (χ1v) is 7.95. The summed E-state index contributed by atoms with van der Waals surface area (Å²) in [5.74, 6) is -0.450. The molecule has 23 heavy (non-hydrogen) atoms. The second kappa shape index (κ2) is 5.78. The predicted molar refractivity (Wildman–Crippen MR) is 87.3 cm³/mol. The molecule has 1 aliphatic rings. The highest BCUT2D eigenvalue weighted by Crippen LogP contribution is 2.27. The van der Waals surface area contributed by atoms with Gasteiger partial charge in [-0.2, -0.15) is 0 Å². The lowest BCUT2D eigenvalue weighted by atomic mass is 10.1. The third kappa shape index (κ3) is 2.99. The third-order valence-electron chi connectivity index (χ3n) is 4.33. The first kappa shape index (κ1) is 14.4. The minimum atomic E-state index is -0.249. The minimum absolute atomic E-state index is 0.201. The van der Waals surface area contributed by atoms with Crippen LogP contribution >= 0.6 is 0 Å². The Labute approximate surface area is 133 Å². The molecule has 1 saturated carbocycles. The quantitative estimate of drug-likeness (QED) is 0.746. The molecule has 118 valence electrons. The normalized spacial score (nSPS) is 14.5. The predicted octanol–water partition coefficient (Wildman–Crippen LogP) is 4.22. The van der Waals surface area contributed by atoms with E-state index in [9.17, 15) is 8.78 Å². The molecule has 1 fully saturated rings. The van der Waals surface area contributed by atoms with Crippen molar-refractivity contribution in [2.45, 2.75) is 32.0 Å². The maximum Gasteiger partial charge on any atom is 0.132 e. The zero-order valence-electron chi connectivity index (χ0n) is 12.7. The Morgan fingerprint density at radius 2 is 1.91 bits per heavy atom. The van der Waals surface area contributed by atoms with Crippen molar-refractivity contribution in [2.24, 2.45) is 0 Å². The molecule has 0 atom stereocenters. The molecule has 4 rings (SSSR count). The second-order valence-corrected chi connectivity index (χ2v) is 6.20. The van der Waals surface area contributed by atoms with Gasteiger partial charge in [-0.3, -0.25) is 0 Å². The van der Waals surface area contributed by atoms with Crippen molar-refractivity contribution in [1.29, 1.82) is 0 Å². The Morgan fingerprint density at radius 1 is 1.09 bits per heavy atom. The molecule has 2 aromatic carbocycles. The van der Waals surface area contributed by atoms with Gasteiger partial charge in [0.15, 0.2) is 0 Å². The van der Waals surface area contributed by atoms with Crippen LogP contribution in [0, 0.1) is 11.6 Å². The van der Waals surface area contributed by atoms with Crippen molar-refractivity contribution in [3.8, 4) is 0 Å². The van der Waals surface area contributed by atoms with E-state index in [1.54, 1.807) is 12.1 Å². The molecule has 0 aliphatic heterocycles.